The summed E-state index contributed by atoms with van der Waals surface area (Å²) in [6.07, 6.45) is 4.75. The number of nitrogens with one attached hydrogen (secondary N) is 1. The van der Waals surface area contributed by atoms with Crippen LogP contribution in [0.5, 0.6) is 0 Å². The summed E-state index contributed by atoms with van der Waals surface area (Å²) in [6, 6.07) is 0.164. The van der Waals surface area contributed by atoms with Crippen molar-refractivity contribution in [3.8, 4) is 0 Å². The van der Waals surface area contributed by atoms with Gasteiger partial charge >= 0.3 is 0 Å². The van der Waals surface area contributed by atoms with Crippen LogP contribution in [0.25, 0.3) is 0 Å². The van der Waals surface area contributed by atoms with Crippen LogP contribution < -0.4 is 5.32 Å². The summed E-state index contributed by atoms with van der Waals surface area (Å²) >= 11 is 5.68. The van der Waals surface area contributed by atoms with E-state index in [1.165, 1.54) is 6.20 Å². The molecule has 0 unspecified atom stereocenters. The van der Waals surface area contributed by atoms with Gasteiger partial charge in [0, 0.05) is 25.1 Å². The van der Waals surface area contributed by atoms with Crippen LogP contribution in [-0.2, 0) is 4.79 Å². The third-order valence-electron chi connectivity index (χ3n) is 2.80. The molecule has 1 heterocycles. The van der Waals surface area contributed by atoms with Gasteiger partial charge in [-0.05, 0) is 24.4 Å². The topological polar surface area (TPSA) is 72.0 Å². The maximum absolute atomic E-state index is 11.1. The minimum atomic E-state index is 0.102. The van der Waals surface area contributed by atoms with E-state index in [-0.39, 0.29) is 11.3 Å². The largest absolute Gasteiger partial charge is 0.367 e. The SMILES string of the molecule is O=Cc1cnc(Cl)nc1NC1CCC(=O)CC1. The standard InChI is InChI=1S/C11H12ClN3O2/c12-11-13-5-7(6-16)10(15-11)14-8-1-3-9(17)4-2-8/h5-6,8H,1-4H2,(H,13,14,15). The van der Waals surface area contributed by atoms with Crippen molar-refractivity contribution in [2.45, 2.75) is 31.7 Å². The molecule has 0 aliphatic heterocycles. The zero-order valence-corrected chi connectivity index (χ0v) is 9.91. The molecule has 17 heavy (non-hydrogen) atoms. The molecule has 1 aliphatic carbocycles. The van der Waals surface area contributed by atoms with Crippen LogP contribution in [-0.4, -0.2) is 28.1 Å². The molecule has 1 N–H and O–H groups in total. The molecule has 0 amide bonds. The van der Waals surface area contributed by atoms with Gasteiger partial charge in [0.05, 0.1) is 5.56 Å². The van der Waals surface area contributed by atoms with Crippen molar-refractivity contribution >= 4 is 29.5 Å². The minimum absolute atomic E-state index is 0.102. The normalized spacial score (nSPS) is 16.9. The highest BCUT2D eigenvalue weighted by molar-refractivity contribution is 6.28. The van der Waals surface area contributed by atoms with E-state index in [0.29, 0.717) is 36.3 Å². The van der Waals surface area contributed by atoms with Crippen molar-refractivity contribution in [1.82, 2.24) is 9.97 Å². The molecule has 1 fully saturated rings. The fourth-order valence-electron chi connectivity index (χ4n) is 1.85. The number of aromatic nitrogens is 2. The van der Waals surface area contributed by atoms with Gasteiger partial charge in [-0.25, -0.2) is 9.97 Å². The summed E-state index contributed by atoms with van der Waals surface area (Å²) in [5, 5.41) is 3.24. The van der Waals surface area contributed by atoms with Crippen LogP contribution in [0.4, 0.5) is 5.82 Å². The quantitative estimate of drug-likeness (QED) is 0.658. The van der Waals surface area contributed by atoms with Gasteiger partial charge in [-0.1, -0.05) is 0 Å². The molecular formula is C11H12ClN3O2. The Balaban J connectivity index is 2.09. The van der Waals surface area contributed by atoms with Crippen molar-refractivity contribution in [2.75, 3.05) is 5.32 Å². The monoisotopic (exact) mass is 253 g/mol. The Kier molecular flexibility index (Phi) is 3.68. The van der Waals surface area contributed by atoms with Gasteiger partial charge in [-0.3, -0.25) is 9.59 Å². The zero-order chi connectivity index (χ0) is 12.3. The maximum Gasteiger partial charge on any atom is 0.224 e. The van der Waals surface area contributed by atoms with Gasteiger partial charge in [-0.15, -0.1) is 0 Å². The molecule has 0 spiro atoms. The van der Waals surface area contributed by atoms with Gasteiger partial charge < -0.3 is 5.32 Å². The molecule has 0 bridgehead atoms. The molecule has 90 valence electrons. The smallest absolute Gasteiger partial charge is 0.224 e. The molecule has 5 nitrogen and oxygen atoms in total. The number of carbonyl (C=O) groups excluding carboxylic acids is 2. The summed E-state index contributed by atoms with van der Waals surface area (Å²) in [6.45, 7) is 0. The van der Waals surface area contributed by atoms with E-state index >= 15 is 0 Å². The summed E-state index contributed by atoms with van der Waals surface area (Å²) in [4.78, 5) is 29.7. The molecule has 1 saturated carbocycles. The Morgan fingerprint density at radius 2 is 2.12 bits per heavy atom. The van der Waals surface area contributed by atoms with Gasteiger partial charge in [0.1, 0.15) is 11.6 Å². The second-order valence-corrected chi connectivity index (χ2v) is 4.36. The number of Topliss-reactive ketones (excluding diaryl/α,β-unsaturated/α-hetero) is 1. The fraction of sp³-hybridized carbons (Fsp3) is 0.455. The molecule has 0 atom stereocenters. The van der Waals surface area contributed by atoms with Crippen LogP contribution >= 0.6 is 11.6 Å². The Labute approximate surface area is 104 Å². The second-order valence-electron chi connectivity index (χ2n) is 4.02. The van der Waals surface area contributed by atoms with Crippen molar-refractivity contribution in [3.05, 3.63) is 17.0 Å². The predicted octanol–water partition coefficient (Wildman–Crippen LogP) is 1.87. The van der Waals surface area contributed by atoms with Crippen LogP contribution in [0, 0.1) is 0 Å². The fourth-order valence-corrected chi connectivity index (χ4v) is 1.98. The minimum Gasteiger partial charge on any atom is -0.367 e. The van der Waals surface area contributed by atoms with E-state index < -0.39 is 0 Å². The van der Waals surface area contributed by atoms with E-state index in [1.54, 1.807) is 0 Å². The first-order chi connectivity index (χ1) is 8.19. The second kappa shape index (κ2) is 5.23. The van der Waals surface area contributed by atoms with Crippen LogP contribution in [0.2, 0.25) is 5.28 Å². The molecule has 1 aromatic rings. The van der Waals surface area contributed by atoms with E-state index in [2.05, 4.69) is 15.3 Å². The molecule has 0 aromatic carbocycles. The van der Waals surface area contributed by atoms with Crippen LogP contribution in [0.3, 0.4) is 0 Å². The molecule has 1 aromatic heterocycles. The van der Waals surface area contributed by atoms with E-state index in [1.807, 2.05) is 0 Å². The lowest BCUT2D eigenvalue weighted by molar-refractivity contribution is -0.120. The molecule has 2 rings (SSSR count). The Hall–Kier alpha value is -1.49. The van der Waals surface area contributed by atoms with Crippen LogP contribution in [0.1, 0.15) is 36.0 Å². The molecule has 0 radical (unpaired) electrons. The summed E-state index contributed by atoms with van der Waals surface area (Å²) < 4.78 is 0. The first-order valence-electron chi connectivity index (χ1n) is 5.45. The Morgan fingerprint density at radius 1 is 1.41 bits per heavy atom. The lowest BCUT2D eigenvalue weighted by Crippen LogP contribution is -2.27. The number of hydrogen-bond donors (Lipinski definition) is 1. The number of carbonyl (C=O) groups is 2. The van der Waals surface area contributed by atoms with Gasteiger partial charge in [0.2, 0.25) is 5.28 Å². The van der Waals surface area contributed by atoms with Crippen LogP contribution in [0.15, 0.2) is 6.20 Å². The van der Waals surface area contributed by atoms with E-state index in [0.717, 1.165) is 12.8 Å². The number of halogens is 1. The van der Waals surface area contributed by atoms with E-state index in [4.69, 9.17) is 11.6 Å². The maximum atomic E-state index is 11.1. The van der Waals surface area contributed by atoms with E-state index in [9.17, 15) is 9.59 Å². The highest BCUT2D eigenvalue weighted by Crippen LogP contribution is 2.20. The summed E-state index contributed by atoms with van der Waals surface area (Å²) in [5.41, 5.74) is 0.381. The highest BCUT2D eigenvalue weighted by Gasteiger charge is 2.19. The highest BCUT2D eigenvalue weighted by atomic mass is 35.5. The number of hydrogen-bond acceptors (Lipinski definition) is 5. The molecule has 6 heteroatoms. The average molecular weight is 254 g/mol. The lowest BCUT2D eigenvalue weighted by Gasteiger charge is -2.23. The zero-order valence-electron chi connectivity index (χ0n) is 9.15. The Bertz CT molecular complexity index is 440. The number of rotatable bonds is 3. The Morgan fingerprint density at radius 3 is 2.76 bits per heavy atom. The third kappa shape index (κ3) is 3.00. The third-order valence-corrected chi connectivity index (χ3v) is 2.98. The molecular weight excluding hydrogens is 242 g/mol. The number of aldehydes is 1. The number of anilines is 1. The number of nitrogens with zero attached hydrogens (tertiary/aromatic N) is 2. The van der Waals surface area contributed by atoms with Crippen molar-refractivity contribution in [2.24, 2.45) is 0 Å². The number of ketones is 1. The lowest BCUT2D eigenvalue weighted by atomic mass is 9.94. The summed E-state index contributed by atoms with van der Waals surface area (Å²) in [5.74, 6) is 0.735. The van der Waals surface area contributed by atoms with Crippen molar-refractivity contribution < 1.29 is 9.59 Å². The van der Waals surface area contributed by atoms with Crippen molar-refractivity contribution in [1.29, 1.82) is 0 Å². The first-order valence-corrected chi connectivity index (χ1v) is 5.83. The van der Waals surface area contributed by atoms with Gasteiger partial charge in [0.25, 0.3) is 0 Å². The first kappa shape index (κ1) is 12.0. The predicted molar refractivity (Wildman–Crippen MR) is 63.3 cm³/mol. The van der Waals surface area contributed by atoms with Crippen molar-refractivity contribution in [3.63, 3.8) is 0 Å². The molecule has 0 saturated heterocycles. The van der Waals surface area contributed by atoms with Gasteiger partial charge in [0.15, 0.2) is 6.29 Å². The summed E-state index contributed by atoms with van der Waals surface area (Å²) in [7, 11) is 0. The molecule has 1 aliphatic rings. The average Bonchev–Trinajstić information content (AvgIpc) is 2.32. The van der Waals surface area contributed by atoms with Gasteiger partial charge in [-0.2, -0.15) is 0 Å².